The molecule has 0 fully saturated rings. The van der Waals surface area contributed by atoms with Gasteiger partial charge in [-0.1, -0.05) is 90.5 Å². The van der Waals surface area contributed by atoms with Gasteiger partial charge in [-0.3, -0.25) is 19.2 Å². The van der Waals surface area contributed by atoms with Gasteiger partial charge in [-0.15, -0.1) is 0 Å². The van der Waals surface area contributed by atoms with Gasteiger partial charge in [0.05, 0.1) is 37.9 Å². The number of allylic oxidation sites excluding steroid dienone is 4. The fourth-order valence-electron chi connectivity index (χ4n) is 3.79. The van der Waals surface area contributed by atoms with Gasteiger partial charge in [-0.25, -0.2) is 0 Å². The summed E-state index contributed by atoms with van der Waals surface area (Å²) >= 11 is 0. The first-order chi connectivity index (χ1) is 18.5. The van der Waals surface area contributed by atoms with E-state index in [-0.39, 0.29) is 38.9 Å². The number of carbonyl (C=O) groups is 4. The van der Waals surface area contributed by atoms with E-state index in [1.807, 2.05) is 24.3 Å². The van der Waals surface area contributed by atoms with Crippen molar-refractivity contribution in [1.82, 2.24) is 0 Å². The molecule has 39 heavy (non-hydrogen) atoms. The molecule has 8 heteroatoms. The van der Waals surface area contributed by atoms with Crippen LogP contribution in [0.3, 0.4) is 0 Å². The molecule has 2 N–H and O–H groups in total. The summed E-state index contributed by atoms with van der Waals surface area (Å²) in [7, 11) is 0. The van der Waals surface area contributed by atoms with Crippen LogP contribution >= 0.6 is 0 Å². The molecule has 0 bridgehead atoms. The third-order valence-corrected chi connectivity index (χ3v) is 6.40. The normalized spacial score (nSPS) is 13.4. The maximum atomic E-state index is 12.3. The number of hydrogen-bond donors (Lipinski definition) is 2. The Morgan fingerprint density at radius 3 is 1.36 bits per heavy atom. The molecule has 8 nitrogen and oxygen atoms in total. The van der Waals surface area contributed by atoms with Crippen molar-refractivity contribution in [1.29, 1.82) is 0 Å². The molecule has 0 aliphatic carbocycles. The van der Waals surface area contributed by atoms with Crippen LogP contribution in [0.15, 0.2) is 24.3 Å². The largest absolute Gasteiger partial charge is 0.481 e. The number of hydrogen-bond acceptors (Lipinski definition) is 6. The van der Waals surface area contributed by atoms with E-state index < -0.39 is 41.1 Å². The van der Waals surface area contributed by atoms with Crippen LogP contribution in [0, 0.1) is 17.3 Å². The number of esters is 2. The minimum absolute atomic E-state index is 0.0537. The van der Waals surface area contributed by atoms with Crippen molar-refractivity contribution in [2.24, 2.45) is 17.3 Å². The number of carboxylic acid groups (broad SMARTS) is 2. The monoisotopic (exact) mass is 552 g/mol. The number of unbranched alkanes of at least 4 members (excludes halogenated alkanes) is 8. The third-order valence-electron chi connectivity index (χ3n) is 6.40. The second kappa shape index (κ2) is 22.2. The van der Waals surface area contributed by atoms with Crippen LogP contribution in [-0.4, -0.2) is 47.3 Å². The molecular weight excluding hydrogens is 500 g/mol. The summed E-state index contributed by atoms with van der Waals surface area (Å²) in [5.41, 5.74) is -0.709. The Bertz CT molecular complexity index is 707. The Morgan fingerprint density at radius 2 is 1.03 bits per heavy atom. The molecular formula is C31H52O8. The Morgan fingerprint density at radius 1 is 0.641 bits per heavy atom. The van der Waals surface area contributed by atoms with Crippen molar-refractivity contribution in [3.8, 4) is 0 Å². The first-order valence-electron chi connectivity index (χ1n) is 14.6. The number of carboxylic acids is 2. The zero-order chi connectivity index (χ0) is 29.5. The molecule has 0 aromatic rings. The molecule has 0 radical (unpaired) electrons. The fraction of sp³-hybridized carbons (Fsp3) is 0.742. The van der Waals surface area contributed by atoms with Crippen molar-refractivity contribution in [2.75, 3.05) is 13.2 Å². The summed E-state index contributed by atoms with van der Waals surface area (Å²) in [6.45, 7) is 7.68. The summed E-state index contributed by atoms with van der Waals surface area (Å²) in [5.74, 6) is -5.05. The van der Waals surface area contributed by atoms with E-state index in [0.717, 1.165) is 51.4 Å². The summed E-state index contributed by atoms with van der Waals surface area (Å²) in [6, 6.07) is 0. The van der Waals surface area contributed by atoms with Crippen LogP contribution in [-0.2, 0) is 28.7 Å². The van der Waals surface area contributed by atoms with Gasteiger partial charge in [0, 0.05) is 5.41 Å². The second-order valence-corrected chi connectivity index (χ2v) is 11.1. The van der Waals surface area contributed by atoms with E-state index in [0.29, 0.717) is 0 Å². The Hall–Kier alpha value is -2.64. The predicted molar refractivity (Wildman–Crippen MR) is 152 cm³/mol. The van der Waals surface area contributed by atoms with Gasteiger partial charge in [-0.05, 0) is 38.5 Å². The number of carbonyl (C=O) groups excluding carboxylic acids is 2. The van der Waals surface area contributed by atoms with Crippen LogP contribution in [0.5, 0.6) is 0 Å². The van der Waals surface area contributed by atoms with E-state index in [1.165, 1.54) is 12.8 Å². The van der Waals surface area contributed by atoms with Crippen molar-refractivity contribution in [3.05, 3.63) is 24.3 Å². The average molecular weight is 553 g/mol. The molecule has 0 heterocycles. The zero-order valence-electron chi connectivity index (χ0n) is 24.6. The predicted octanol–water partition coefficient (Wildman–Crippen LogP) is 7.11. The van der Waals surface area contributed by atoms with E-state index in [2.05, 4.69) is 13.8 Å². The van der Waals surface area contributed by atoms with Gasteiger partial charge < -0.3 is 19.7 Å². The smallest absolute Gasteiger partial charge is 0.307 e. The third kappa shape index (κ3) is 20.9. The highest BCUT2D eigenvalue weighted by molar-refractivity contribution is 5.79. The van der Waals surface area contributed by atoms with Crippen molar-refractivity contribution >= 4 is 23.9 Å². The minimum atomic E-state index is -1.05. The molecule has 0 aromatic carbocycles. The lowest BCUT2D eigenvalue weighted by Gasteiger charge is -2.24. The number of aliphatic carboxylic acids is 2. The van der Waals surface area contributed by atoms with Gasteiger partial charge >= 0.3 is 23.9 Å². The highest BCUT2D eigenvalue weighted by atomic mass is 16.5. The SMILES string of the molecule is CCCCCCC=CCC(CC(=O)OCC(C)(C)COC(=O)CC(CC=CCCCCCC)C(=O)O)C(=O)O. The Labute approximate surface area is 235 Å². The fourth-order valence-corrected chi connectivity index (χ4v) is 3.79. The molecule has 0 spiro atoms. The summed E-state index contributed by atoms with van der Waals surface area (Å²) in [4.78, 5) is 47.7. The summed E-state index contributed by atoms with van der Waals surface area (Å²) in [6.07, 6.45) is 18.5. The maximum absolute atomic E-state index is 12.3. The summed E-state index contributed by atoms with van der Waals surface area (Å²) < 4.78 is 10.6. The van der Waals surface area contributed by atoms with E-state index in [1.54, 1.807) is 13.8 Å². The van der Waals surface area contributed by atoms with E-state index >= 15 is 0 Å². The summed E-state index contributed by atoms with van der Waals surface area (Å²) in [5, 5.41) is 18.9. The Kier molecular flexibility index (Phi) is 20.7. The average Bonchev–Trinajstić information content (AvgIpc) is 2.88. The molecule has 0 aliphatic heterocycles. The standard InChI is InChI=1S/C31H52O8/c1-5-7-9-11-13-15-17-19-25(29(34)35)21-27(32)38-23-31(3,4)24-39-28(33)22-26(30(36)37)20-18-16-14-12-10-8-6-2/h15-18,25-26H,5-14,19-24H2,1-4H3,(H,34,35)(H,36,37). The lowest BCUT2D eigenvalue weighted by molar-refractivity contribution is -0.158. The molecule has 224 valence electrons. The van der Waals surface area contributed by atoms with E-state index in [9.17, 15) is 29.4 Å². The first-order valence-corrected chi connectivity index (χ1v) is 14.6. The highest BCUT2D eigenvalue weighted by Gasteiger charge is 2.27. The molecule has 0 rings (SSSR count). The molecule has 0 aromatic heterocycles. The quantitative estimate of drug-likeness (QED) is 0.0736. The van der Waals surface area contributed by atoms with Gasteiger partial charge in [0.25, 0.3) is 0 Å². The van der Waals surface area contributed by atoms with E-state index in [4.69, 9.17) is 9.47 Å². The van der Waals surface area contributed by atoms with Gasteiger partial charge in [0.2, 0.25) is 0 Å². The molecule has 0 saturated carbocycles. The molecule has 0 saturated heterocycles. The Balaban J connectivity index is 4.47. The molecule has 0 amide bonds. The van der Waals surface area contributed by atoms with Gasteiger partial charge in [0.1, 0.15) is 0 Å². The van der Waals surface area contributed by atoms with Crippen LogP contribution in [0.4, 0.5) is 0 Å². The van der Waals surface area contributed by atoms with Crippen molar-refractivity contribution in [2.45, 2.75) is 118 Å². The zero-order valence-corrected chi connectivity index (χ0v) is 24.6. The number of ether oxygens (including phenoxy) is 2. The lowest BCUT2D eigenvalue weighted by atomic mass is 9.96. The molecule has 0 aliphatic rings. The van der Waals surface area contributed by atoms with Crippen LogP contribution < -0.4 is 0 Å². The van der Waals surface area contributed by atoms with Gasteiger partial charge in [-0.2, -0.15) is 0 Å². The maximum Gasteiger partial charge on any atom is 0.307 e. The van der Waals surface area contributed by atoms with Gasteiger partial charge in [0.15, 0.2) is 0 Å². The lowest BCUT2D eigenvalue weighted by Crippen LogP contribution is -2.30. The second-order valence-electron chi connectivity index (χ2n) is 11.1. The highest BCUT2D eigenvalue weighted by Crippen LogP contribution is 2.20. The van der Waals surface area contributed by atoms with Crippen molar-refractivity contribution < 1.29 is 38.9 Å². The van der Waals surface area contributed by atoms with Crippen LogP contribution in [0.25, 0.3) is 0 Å². The van der Waals surface area contributed by atoms with Crippen molar-refractivity contribution in [3.63, 3.8) is 0 Å². The molecule has 2 unspecified atom stereocenters. The molecule has 2 atom stereocenters. The topological polar surface area (TPSA) is 127 Å². The number of rotatable bonds is 24. The van der Waals surface area contributed by atoms with Crippen LogP contribution in [0.2, 0.25) is 0 Å². The van der Waals surface area contributed by atoms with Crippen LogP contribution in [0.1, 0.15) is 118 Å². The minimum Gasteiger partial charge on any atom is -0.481 e. The first kappa shape index (κ1) is 36.4.